The number of anilines is 1. The number of nitrogens with zero attached hydrogens (tertiary/aromatic N) is 3. The van der Waals surface area contributed by atoms with Crippen LogP contribution in [0.5, 0.6) is 17.4 Å². The Labute approximate surface area is 170 Å². The predicted octanol–water partition coefficient (Wildman–Crippen LogP) is 3.49. The number of hydrogen-bond donors (Lipinski definition) is 1. The lowest BCUT2D eigenvalue weighted by molar-refractivity contribution is 0.00521. The zero-order valence-electron chi connectivity index (χ0n) is 17.4. The van der Waals surface area contributed by atoms with E-state index in [1.807, 2.05) is 44.2 Å². The van der Waals surface area contributed by atoms with Crippen LogP contribution >= 0.6 is 0 Å². The van der Waals surface area contributed by atoms with Gasteiger partial charge < -0.3 is 24.7 Å². The fraction of sp³-hybridized carbons (Fsp3) is 0.381. The van der Waals surface area contributed by atoms with Crippen LogP contribution in [-0.4, -0.2) is 48.5 Å². The van der Waals surface area contributed by atoms with Gasteiger partial charge in [0.2, 0.25) is 11.8 Å². The quantitative estimate of drug-likeness (QED) is 0.615. The molecule has 0 radical (unpaired) electrons. The Hall–Kier alpha value is -3.13. The van der Waals surface area contributed by atoms with Crippen molar-refractivity contribution in [3.05, 3.63) is 30.3 Å². The first kappa shape index (κ1) is 20.6. The Bertz CT molecular complexity index is 1010. The first-order valence-corrected chi connectivity index (χ1v) is 9.21. The minimum absolute atomic E-state index is 0.138. The van der Waals surface area contributed by atoms with Gasteiger partial charge >= 0.3 is 0 Å². The molecule has 0 amide bonds. The van der Waals surface area contributed by atoms with Gasteiger partial charge in [-0.15, -0.1) is 0 Å². The molecular weight excluding hydrogens is 372 g/mol. The summed E-state index contributed by atoms with van der Waals surface area (Å²) in [7, 11) is 4.87. The summed E-state index contributed by atoms with van der Waals surface area (Å²) in [6.07, 6.45) is 0.685. The molecule has 2 heterocycles. The summed E-state index contributed by atoms with van der Waals surface area (Å²) in [6.45, 7) is 4.40. The molecule has 0 aliphatic rings. The van der Waals surface area contributed by atoms with Crippen molar-refractivity contribution in [1.29, 1.82) is 0 Å². The highest BCUT2D eigenvalue weighted by molar-refractivity contribution is 5.83. The van der Waals surface area contributed by atoms with Crippen molar-refractivity contribution in [1.82, 2.24) is 15.0 Å². The molecule has 0 bridgehead atoms. The van der Waals surface area contributed by atoms with Crippen LogP contribution in [0.15, 0.2) is 30.3 Å². The molecule has 1 aromatic carbocycles. The zero-order valence-corrected chi connectivity index (χ0v) is 17.4. The van der Waals surface area contributed by atoms with Gasteiger partial charge in [-0.25, -0.2) is 9.97 Å². The Balaban J connectivity index is 1.97. The van der Waals surface area contributed by atoms with E-state index in [9.17, 15) is 0 Å². The van der Waals surface area contributed by atoms with Gasteiger partial charge in [0.1, 0.15) is 0 Å². The Morgan fingerprint density at radius 3 is 2.38 bits per heavy atom. The second kappa shape index (κ2) is 8.48. The van der Waals surface area contributed by atoms with E-state index in [1.165, 1.54) is 0 Å². The highest BCUT2D eigenvalue weighted by Crippen LogP contribution is 2.33. The van der Waals surface area contributed by atoms with E-state index in [1.54, 1.807) is 21.3 Å². The molecule has 0 saturated carbocycles. The van der Waals surface area contributed by atoms with Gasteiger partial charge in [-0.2, -0.15) is 4.98 Å². The van der Waals surface area contributed by atoms with Crippen molar-refractivity contribution in [3.63, 3.8) is 0 Å². The van der Waals surface area contributed by atoms with Crippen LogP contribution in [-0.2, 0) is 4.74 Å². The second-order valence-corrected chi connectivity index (χ2v) is 7.08. The topological polar surface area (TPSA) is 102 Å². The van der Waals surface area contributed by atoms with Crippen molar-refractivity contribution in [2.75, 3.05) is 33.7 Å². The first-order chi connectivity index (χ1) is 13.9. The van der Waals surface area contributed by atoms with Crippen molar-refractivity contribution in [3.8, 4) is 28.6 Å². The van der Waals surface area contributed by atoms with Gasteiger partial charge in [0.25, 0.3) is 0 Å². The third-order valence-corrected chi connectivity index (χ3v) is 4.70. The third-order valence-electron chi connectivity index (χ3n) is 4.70. The maximum Gasteiger partial charge on any atom is 0.245 e. The van der Waals surface area contributed by atoms with Gasteiger partial charge in [-0.05, 0) is 44.2 Å². The smallest absolute Gasteiger partial charge is 0.245 e. The second-order valence-electron chi connectivity index (χ2n) is 7.08. The van der Waals surface area contributed by atoms with Gasteiger partial charge in [0.05, 0.1) is 37.6 Å². The predicted molar refractivity (Wildman–Crippen MR) is 111 cm³/mol. The van der Waals surface area contributed by atoms with Gasteiger partial charge in [-0.3, -0.25) is 0 Å². The minimum Gasteiger partial charge on any atom is -0.493 e. The summed E-state index contributed by atoms with van der Waals surface area (Å²) in [6, 6.07) is 9.33. The highest BCUT2D eigenvalue weighted by atomic mass is 16.5. The molecule has 2 N–H and O–H groups in total. The summed E-state index contributed by atoms with van der Waals surface area (Å²) in [5.74, 6) is 1.76. The normalized spacial score (nSPS) is 11.5. The average Bonchev–Trinajstić information content (AvgIpc) is 2.72. The maximum absolute atomic E-state index is 5.89. The SMILES string of the molecule is COc1ccc(-c2ccc3nc(N)nc(OCCC(C)(C)OC)c3n2)cc1OC. The summed E-state index contributed by atoms with van der Waals surface area (Å²) in [5.41, 5.74) is 8.30. The Morgan fingerprint density at radius 1 is 0.931 bits per heavy atom. The van der Waals surface area contributed by atoms with Crippen LogP contribution < -0.4 is 19.9 Å². The molecule has 8 heteroatoms. The van der Waals surface area contributed by atoms with E-state index in [2.05, 4.69) is 9.97 Å². The third kappa shape index (κ3) is 4.65. The van der Waals surface area contributed by atoms with Crippen molar-refractivity contribution >= 4 is 17.0 Å². The van der Waals surface area contributed by atoms with Crippen molar-refractivity contribution < 1.29 is 18.9 Å². The molecule has 154 valence electrons. The van der Waals surface area contributed by atoms with Gasteiger partial charge in [0, 0.05) is 19.1 Å². The molecule has 0 aliphatic carbocycles. The van der Waals surface area contributed by atoms with E-state index in [4.69, 9.17) is 29.7 Å². The number of ether oxygens (including phenoxy) is 4. The molecule has 0 saturated heterocycles. The van der Waals surface area contributed by atoms with E-state index >= 15 is 0 Å². The Morgan fingerprint density at radius 2 is 1.69 bits per heavy atom. The van der Waals surface area contributed by atoms with Crippen LogP contribution in [0, 0.1) is 0 Å². The summed E-state index contributed by atoms with van der Waals surface area (Å²) in [4.78, 5) is 13.2. The van der Waals surface area contributed by atoms with Gasteiger partial charge in [-0.1, -0.05) is 0 Å². The monoisotopic (exact) mass is 398 g/mol. The molecule has 3 rings (SSSR count). The summed E-state index contributed by atoms with van der Waals surface area (Å²) < 4.78 is 22.0. The number of benzene rings is 1. The molecule has 3 aromatic rings. The first-order valence-electron chi connectivity index (χ1n) is 9.21. The largest absolute Gasteiger partial charge is 0.493 e. The highest BCUT2D eigenvalue weighted by Gasteiger charge is 2.18. The standard InChI is InChI=1S/C21H26N4O4/c1-21(2,28-5)10-11-29-19-18-15(24-20(22)25-19)8-7-14(23-18)13-6-9-16(26-3)17(12-13)27-4/h6-9,12H,10-11H2,1-5H3,(H2,22,24,25). The molecule has 0 fully saturated rings. The molecular formula is C21H26N4O4. The number of fused-ring (bicyclic) bond motifs is 1. The molecule has 0 aliphatic heterocycles. The zero-order chi connectivity index (χ0) is 21.0. The summed E-state index contributed by atoms with van der Waals surface area (Å²) >= 11 is 0. The minimum atomic E-state index is -0.299. The van der Waals surface area contributed by atoms with E-state index < -0.39 is 0 Å². The van der Waals surface area contributed by atoms with Crippen molar-refractivity contribution in [2.24, 2.45) is 0 Å². The molecule has 0 spiro atoms. The number of aromatic nitrogens is 3. The maximum atomic E-state index is 5.89. The number of hydrogen-bond acceptors (Lipinski definition) is 8. The average molecular weight is 398 g/mol. The lowest BCUT2D eigenvalue weighted by Gasteiger charge is -2.22. The number of rotatable bonds is 8. The van der Waals surface area contributed by atoms with Gasteiger partial charge in [0.15, 0.2) is 17.0 Å². The molecule has 0 unspecified atom stereocenters. The molecule has 8 nitrogen and oxygen atoms in total. The van der Waals surface area contributed by atoms with Crippen LogP contribution in [0.2, 0.25) is 0 Å². The van der Waals surface area contributed by atoms with Crippen LogP contribution in [0.3, 0.4) is 0 Å². The van der Waals surface area contributed by atoms with Crippen molar-refractivity contribution in [2.45, 2.75) is 25.9 Å². The Kier molecular flexibility index (Phi) is 6.03. The number of pyridine rings is 1. The number of nitrogen functional groups attached to an aromatic ring is 1. The number of nitrogens with two attached hydrogens (primary N) is 1. The van der Waals surface area contributed by atoms with Crippen LogP contribution in [0.1, 0.15) is 20.3 Å². The molecule has 0 atom stereocenters. The van der Waals surface area contributed by atoms with Crippen LogP contribution in [0.25, 0.3) is 22.3 Å². The van der Waals surface area contributed by atoms with Crippen LogP contribution in [0.4, 0.5) is 5.95 Å². The fourth-order valence-corrected chi connectivity index (χ4v) is 2.76. The molecule has 2 aromatic heterocycles. The van der Waals surface area contributed by atoms with E-state index in [0.717, 1.165) is 11.3 Å². The lowest BCUT2D eigenvalue weighted by Crippen LogP contribution is -2.25. The number of methoxy groups -OCH3 is 3. The fourth-order valence-electron chi connectivity index (χ4n) is 2.76. The van der Waals surface area contributed by atoms with E-state index in [0.29, 0.717) is 41.4 Å². The molecule has 29 heavy (non-hydrogen) atoms. The summed E-state index contributed by atoms with van der Waals surface area (Å²) in [5, 5.41) is 0. The lowest BCUT2D eigenvalue weighted by atomic mass is 10.1. The van der Waals surface area contributed by atoms with E-state index in [-0.39, 0.29) is 11.5 Å².